The Bertz CT molecular complexity index is 1110. The molecule has 0 radical (unpaired) electrons. The summed E-state index contributed by atoms with van der Waals surface area (Å²) in [5.41, 5.74) is 6.14. The Hall–Kier alpha value is -2.69. The summed E-state index contributed by atoms with van der Waals surface area (Å²) in [6.07, 6.45) is 0.200. The minimum atomic E-state index is -0.378. The van der Waals surface area contributed by atoms with E-state index in [0.29, 0.717) is 40.0 Å². The molecule has 2 N–H and O–H groups in total. The molecule has 0 unspecified atom stereocenters. The molecular formula is C18H15ClN6O2S2. The van der Waals surface area contributed by atoms with Crippen molar-refractivity contribution >= 4 is 40.6 Å². The standard InChI is InChI=1S/C18H15ClN6O2S2/c19-12-5-3-11(4-6-12)16-21-15(27-24-16)10-29-18-23-22-17(13-2-1-9-28-13)25(18)8-7-14(20)26/h1-6,9H,7-8,10H2,(H2,20,26). The quantitative estimate of drug-likeness (QED) is 0.408. The number of nitrogens with two attached hydrogens (primary N) is 1. The minimum absolute atomic E-state index is 0.200. The molecule has 0 fully saturated rings. The summed E-state index contributed by atoms with van der Waals surface area (Å²) >= 11 is 8.87. The number of primary amides is 1. The van der Waals surface area contributed by atoms with E-state index in [1.54, 1.807) is 23.5 Å². The van der Waals surface area contributed by atoms with Crippen molar-refractivity contribution in [3.8, 4) is 22.1 Å². The van der Waals surface area contributed by atoms with Gasteiger partial charge in [0, 0.05) is 23.6 Å². The lowest BCUT2D eigenvalue weighted by molar-refractivity contribution is -0.118. The third kappa shape index (κ3) is 4.66. The number of nitrogens with zero attached hydrogens (tertiary/aromatic N) is 5. The molecule has 3 heterocycles. The van der Waals surface area contributed by atoms with Crippen molar-refractivity contribution in [2.45, 2.75) is 23.9 Å². The zero-order valence-electron chi connectivity index (χ0n) is 15.0. The van der Waals surface area contributed by atoms with E-state index in [0.717, 1.165) is 10.4 Å². The van der Waals surface area contributed by atoms with Crippen LogP contribution in [0.1, 0.15) is 12.3 Å². The maximum absolute atomic E-state index is 11.3. The smallest absolute Gasteiger partial charge is 0.237 e. The van der Waals surface area contributed by atoms with Crippen LogP contribution in [0.25, 0.3) is 22.1 Å². The van der Waals surface area contributed by atoms with Gasteiger partial charge in [0.25, 0.3) is 0 Å². The molecule has 0 aliphatic rings. The van der Waals surface area contributed by atoms with Crippen LogP contribution in [0.4, 0.5) is 0 Å². The van der Waals surface area contributed by atoms with Crippen LogP contribution in [0, 0.1) is 0 Å². The summed E-state index contributed by atoms with van der Waals surface area (Å²) in [4.78, 5) is 16.6. The fraction of sp³-hybridized carbons (Fsp3) is 0.167. The molecule has 1 aromatic carbocycles. The Morgan fingerprint density at radius 1 is 1.24 bits per heavy atom. The van der Waals surface area contributed by atoms with Crippen molar-refractivity contribution in [3.63, 3.8) is 0 Å². The van der Waals surface area contributed by atoms with Gasteiger partial charge in [-0.1, -0.05) is 34.6 Å². The monoisotopic (exact) mass is 446 g/mol. The van der Waals surface area contributed by atoms with Gasteiger partial charge in [0.1, 0.15) is 0 Å². The number of carbonyl (C=O) groups is 1. The number of rotatable bonds is 8. The van der Waals surface area contributed by atoms with E-state index in [1.165, 1.54) is 11.8 Å². The van der Waals surface area contributed by atoms with Crippen molar-refractivity contribution in [3.05, 3.63) is 52.7 Å². The van der Waals surface area contributed by atoms with Gasteiger partial charge in [-0.25, -0.2) is 0 Å². The molecule has 0 aliphatic carbocycles. The number of benzene rings is 1. The molecule has 0 saturated carbocycles. The molecule has 4 rings (SSSR count). The molecule has 0 bridgehead atoms. The number of hydrogen-bond donors (Lipinski definition) is 1. The van der Waals surface area contributed by atoms with Gasteiger partial charge in [0.05, 0.1) is 10.6 Å². The first-order chi connectivity index (χ1) is 14.1. The Kier molecular flexibility index (Phi) is 5.93. The predicted octanol–water partition coefficient (Wildman–Crippen LogP) is 3.88. The predicted molar refractivity (Wildman–Crippen MR) is 111 cm³/mol. The molecule has 148 valence electrons. The third-order valence-corrected chi connectivity index (χ3v) is 6.00. The number of aromatic nitrogens is 5. The summed E-state index contributed by atoms with van der Waals surface area (Å²) in [6.45, 7) is 0.401. The summed E-state index contributed by atoms with van der Waals surface area (Å²) in [7, 11) is 0. The minimum Gasteiger partial charge on any atom is -0.370 e. The van der Waals surface area contributed by atoms with Gasteiger partial charge in [-0.05, 0) is 35.7 Å². The molecule has 0 saturated heterocycles. The second-order valence-electron chi connectivity index (χ2n) is 5.96. The van der Waals surface area contributed by atoms with E-state index < -0.39 is 0 Å². The summed E-state index contributed by atoms with van der Waals surface area (Å²) < 4.78 is 7.23. The zero-order chi connectivity index (χ0) is 20.2. The summed E-state index contributed by atoms with van der Waals surface area (Å²) in [5.74, 6) is 1.70. The van der Waals surface area contributed by atoms with Crippen LogP contribution in [0.15, 0.2) is 51.5 Å². The van der Waals surface area contributed by atoms with Crippen molar-refractivity contribution in [1.29, 1.82) is 0 Å². The largest absolute Gasteiger partial charge is 0.370 e. The highest BCUT2D eigenvalue weighted by Crippen LogP contribution is 2.29. The second kappa shape index (κ2) is 8.76. The van der Waals surface area contributed by atoms with E-state index in [2.05, 4.69) is 20.3 Å². The average molecular weight is 447 g/mol. The van der Waals surface area contributed by atoms with Gasteiger partial charge >= 0.3 is 0 Å². The lowest BCUT2D eigenvalue weighted by atomic mass is 10.2. The van der Waals surface area contributed by atoms with Crippen LogP contribution in [-0.4, -0.2) is 30.8 Å². The number of thioether (sulfide) groups is 1. The van der Waals surface area contributed by atoms with Gasteiger partial charge in [-0.2, -0.15) is 4.98 Å². The molecular weight excluding hydrogens is 432 g/mol. The zero-order valence-corrected chi connectivity index (χ0v) is 17.4. The molecule has 8 nitrogen and oxygen atoms in total. The molecule has 29 heavy (non-hydrogen) atoms. The first-order valence-corrected chi connectivity index (χ1v) is 10.8. The summed E-state index contributed by atoms with van der Waals surface area (Å²) in [5, 5.41) is 15.8. The Labute approximate surface area is 179 Å². The SMILES string of the molecule is NC(=O)CCn1c(SCc2nc(-c3ccc(Cl)cc3)no2)nnc1-c1cccs1. The Morgan fingerprint density at radius 3 is 2.79 bits per heavy atom. The molecule has 1 amide bonds. The molecule has 0 aliphatic heterocycles. The number of amides is 1. The van der Waals surface area contributed by atoms with E-state index in [9.17, 15) is 4.79 Å². The van der Waals surface area contributed by atoms with E-state index in [-0.39, 0.29) is 12.3 Å². The highest BCUT2D eigenvalue weighted by Gasteiger charge is 2.17. The highest BCUT2D eigenvalue weighted by molar-refractivity contribution is 7.98. The van der Waals surface area contributed by atoms with E-state index in [4.69, 9.17) is 21.9 Å². The molecule has 11 heteroatoms. The topological polar surface area (TPSA) is 113 Å². The lowest BCUT2D eigenvalue weighted by Gasteiger charge is -2.07. The van der Waals surface area contributed by atoms with Crippen LogP contribution in [-0.2, 0) is 17.1 Å². The first-order valence-electron chi connectivity index (χ1n) is 8.57. The second-order valence-corrected chi connectivity index (χ2v) is 8.29. The van der Waals surface area contributed by atoms with Crippen LogP contribution < -0.4 is 5.73 Å². The van der Waals surface area contributed by atoms with Crippen molar-refractivity contribution in [2.24, 2.45) is 5.73 Å². The van der Waals surface area contributed by atoms with Crippen molar-refractivity contribution < 1.29 is 9.32 Å². The average Bonchev–Trinajstić information content (AvgIpc) is 3.45. The lowest BCUT2D eigenvalue weighted by Crippen LogP contribution is -2.14. The van der Waals surface area contributed by atoms with E-state index >= 15 is 0 Å². The van der Waals surface area contributed by atoms with Gasteiger partial charge in [0.2, 0.25) is 17.6 Å². The Balaban J connectivity index is 1.51. The number of thiophene rings is 1. The maximum Gasteiger partial charge on any atom is 0.237 e. The number of hydrogen-bond acceptors (Lipinski definition) is 8. The van der Waals surface area contributed by atoms with Crippen LogP contribution in [0.3, 0.4) is 0 Å². The molecule has 0 atom stereocenters. The van der Waals surface area contributed by atoms with Gasteiger partial charge in [-0.15, -0.1) is 21.5 Å². The van der Waals surface area contributed by atoms with Crippen molar-refractivity contribution in [2.75, 3.05) is 0 Å². The molecule has 0 spiro atoms. The molecule has 4 aromatic rings. The summed E-state index contributed by atoms with van der Waals surface area (Å²) in [6, 6.07) is 11.1. The normalized spacial score (nSPS) is 11.1. The van der Waals surface area contributed by atoms with E-state index in [1.807, 2.05) is 34.2 Å². The number of halogens is 1. The number of carbonyl (C=O) groups excluding carboxylic acids is 1. The van der Waals surface area contributed by atoms with Gasteiger partial charge < -0.3 is 14.8 Å². The fourth-order valence-electron chi connectivity index (χ4n) is 2.56. The van der Waals surface area contributed by atoms with Gasteiger partial charge in [0.15, 0.2) is 11.0 Å². The maximum atomic E-state index is 11.3. The van der Waals surface area contributed by atoms with Gasteiger partial charge in [-0.3, -0.25) is 4.79 Å². The van der Waals surface area contributed by atoms with Crippen LogP contribution >= 0.6 is 34.7 Å². The Morgan fingerprint density at radius 2 is 2.07 bits per heavy atom. The van der Waals surface area contributed by atoms with Crippen molar-refractivity contribution in [1.82, 2.24) is 24.9 Å². The highest BCUT2D eigenvalue weighted by atomic mass is 35.5. The first kappa shape index (κ1) is 19.6. The van der Waals surface area contributed by atoms with Crippen LogP contribution in [0.2, 0.25) is 5.02 Å². The fourth-order valence-corrected chi connectivity index (χ4v) is 4.21. The van der Waals surface area contributed by atoms with Crippen LogP contribution in [0.5, 0.6) is 0 Å². The third-order valence-electron chi connectivity index (χ3n) is 3.94. The molecule has 3 aromatic heterocycles.